The summed E-state index contributed by atoms with van der Waals surface area (Å²) in [5.41, 5.74) is 0.173. The maximum Gasteiger partial charge on any atom is 0.227 e. The fourth-order valence-electron chi connectivity index (χ4n) is 1.46. The van der Waals surface area contributed by atoms with Gasteiger partial charge in [-0.05, 0) is 40.3 Å². The number of carbonyl (C=O) groups excluding carboxylic acids is 1. The van der Waals surface area contributed by atoms with Gasteiger partial charge in [0.2, 0.25) is 9.46 Å². The van der Waals surface area contributed by atoms with Gasteiger partial charge in [0, 0.05) is 12.0 Å². The number of fused-ring (bicyclic) bond motifs is 1. The van der Waals surface area contributed by atoms with Gasteiger partial charge in [0.05, 0.1) is 0 Å². The van der Waals surface area contributed by atoms with Crippen LogP contribution in [0.3, 0.4) is 0 Å². The molecule has 1 atom stereocenters. The van der Waals surface area contributed by atoms with Crippen LogP contribution in [0.1, 0.15) is 15.9 Å². The Kier molecular flexibility index (Phi) is 2.09. The van der Waals surface area contributed by atoms with Crippen LogP contribution in [0.15, 0.2) is 12.1 Å². The van der Waals surface area contributed by atoms with Gasteiger partial charge in [-0.15, -0.1) is 0 Å². The van der Waals surface area contributed by atoms with Gasteiger partial charge in [0.25, 0.3) is 0 Å². The fraction of sp³-hybridized carbons (Fsp3) is 0.222. The largest absolute Gasteiger partial charge is 0.290 e. The quantitative estimate of drug-likeness (QED) is 0.532. The third-order valence-corrected chi connectivity index (χ3v) is 3.01. The Hall–Kier alpha value is -0.590. The van der Waals surface area contributed by atoms with Crippen molar-refractivity contribution >= 4 is 28.4 Å². The number of hydrogen-bond acceptors (Lipinski definition) is 1. The first kappa shape index (κ1) is 9.95. The van der Waals surface area contributed by atoms with E-state index in [1.807, 2.05) is 0 Å². The minimum atomic E-state index is -2.06. The van der Waals surface area contributed by atoms with E-state index >= 15 is 0 Å². The summed E-state index contributed by atoms with van der Waals surface area (Å²) in [5, 5.41) is 0. The molecule has 0 saturated carbocycles. The molecule has 0 N–H and O–H groups in total. The number of benzene rings is 1. The van der Waals surface area contributed by atoms with Crippen molar-refractivity contribution < 1.29 is 18.0 Å². The minimum Gasteiger partial charge on any atom is -0.290 e. The van der Waals surface area contributed by atoms with Crippen LogP contribution in [-0.4, -0.2) is 9.46 Å². The Labute approximate surface area is 91.4 Å². The van der Waals surface area contributed by atoms with Crippen molar-refractivity contribution in [3.8, 4) is 0 Å². The topological polar surface area (TPSA) is 17.1 Å². The Morgan fingerprint density at radius 3 is 2.50 bits per heavy atom. The lowest BCUT2D eigenvalue weighted by atomic mass is 10.1. The number of ketones is 1. The van der Waals surface area contributed by atoms with E-state index in [2.05, 4.69) is 0 Å². The summed E-state index contributed by atoms with van der Waals surface area (Å²) < 4.78 is 36.9. The predicted molar refractivity (Wildman–Crippen MR) is 52.3 cm³/mol. The zero-order valence-electron chi connectivity index (χ0n) is 6.78. The standard InChI is InChI=1S/C9H4F3IO/c10-6-1-4-3-9(12,13)8(14)5(4)2-7(6)11/h1-2H,3H2. The molecule has 2 rings (SSSR count). The summed E-state index contributed by atoms with van der Waals surface area (Å²) in [4.78, 5) is 11.3. The maximum absolute atomic E-state index is 13.5. The summed E-state index contributed by atoms with van der Waals surface area (Å²) >= 11 is 1.35. The van der Waals surface area contributed by atoms with Crippen LogP contribution in [0.4, 0.5) is 13.2 Å². The monoisotopic (exact) mass is 312 g/mol. The van der Waals surface area contributed by atoms with E-state index in [4.69, 9.17) is 0 Å². The van der Waals surface area contributed by atoms with E-state index < -0.39 is 21.1 Å². The highest BCUT2D eigenvalue weighted by molar-refractivity contribution is 14.1. The molecule has 1 aromatic carbocycles. The summed E-state index contributed by atoms with van der Waals surface area (Å²) in [7, 11) is 0. The van der Waals surface area contributed by atoms with Crippen molar-refractivity contribution in [2.24, 2.45) is 0 Å². The molecule has 0 fully saturated rings. The third kappa shape index (κ3) is 1.34. The van der Waals surface area contributed by atoms with E-state index in [1.165, 1.54) is 22.6 Å². The second-order valence-electron chi connectivity index (χ2n) is 3.13. The predicted octanol–water partition coefficient (Wildman–Crippen LogP) is 2.80. The first-order chi connectivity index (χ1) is 6.42. The van der Waals surface area contributed by atoms with Crippen LogP contribution < -0.4 is 0 Å². The number of halogens is 4. The average Bonchev–Trinajstić information content (AvgIpc) is 2.28. The number of carbonyl (C=O) groups is 1. The Bertz CT molecular complexity index is 428. The van der Waals surface area contributed by atoms with Crippen LogP contribution in [0.2, 0.25) is 0 Å². The zero-order valence-corrected chi connectivity index (χ0v) is 8.94. The molecule has 1 aliphatic carbocycles. The molecule has 1 unspecified atom stereocenters. The van der Waals surface area contributed by atoms with Crippen LogP contribution in [0.5, 0.6) is 0 Å². The summed E-state index contributed by atoms with van der Waals surface area (Å²) in [6.07, 6.45) is -0.196. The second kappa shape index (κ2) is 2.95. The highest BCUT2D eigenvalue weighted by Crippen LogP contribution is 2.38. The number of Topliss-reactive ketones (excluding diaryl/α,β-unsaturated/α-hetero) is 1. The molecule has 1 aliphatic rings. The Balaban J connectivity index is 2.61. The van der Waals surface area contributed by atoms with Crippen molar-refractivity contribution in [3.05, 3.63) is 34.9 Å². The van der Waals surface area contributed by atoms with E-state index in [9.17, 15) is 18.0 Å². The normalized spacial score (nSPS) is 25.3. The van der Waals surface area contributed by atoms with Gasteiger partial charge < -0.3 is 0 Å². The average molecular weight is 312 g/mol. The molecule has 1 nitrogen and oxygen atoms in total. The molecule has 1 aromatic rings. The van der Waals surface area contributed by atoms with Gasteiger partial charge in [-0.2, -0.15) is 0 Å². The molecular formula is C9H4F3IO. The minimum absolute atomic E-state index is 0.0548. The lowest BCUT2D eigenvalue weighted by Crippen LogP contribution is -2.21. The summed E-state index contributed by atoms with van der Waals surface area (Å²) in [5.74, 6) is -2.95. The molecule has 0 saturated heterocycles. The molecule has 0 heterocycles. The smallest absolute Gasteiger partial charge is 0.227 e. The second-order valence-corrected chi connectivity index (χ2v) is 4.84. The SMILES string of the molecule is O=C1c2cc(F)c(F)cc2CC1(F)I. The Morgan fingerprint density at radius 2 is 1.86 bits per heavy atom. The van der Waals surface area contributed by atoms with E-state index in [0.29, 0.717) is 0 Å². The van der Waals surface area contributed by atoms with Crippen molar-refractivity contribution in [1.29, 1.82) is 0 Å². The number of alkyl halides is 2. The molecule has 0 radical (unpaired) electrons. The molecule has 74 valence electrons. The molecule has 0 bridgehead atoms. The lowest BCUT2D eigenvalue weighted by Gasteiger charge is -2.05. The summed E-state index contributed by atoms with van der Waals surface area (Å²) in [6.45, 7) is 0. The van der Waals surface area contributed by atoms with Gasteiger partial charge in [-0.1, -0.05) is 0 Å². The van der Waals surface area contributed by atoms with Gasteiger partial charge in [-0.3, -0.25) is 4.79 Å². The zero-order chi connectivity index (χ0) is 10.5. The summed E-state index contributed by atoms with van der Waals surface area (Å²) in [6, 6.07) is 1.63. The van der Waals surface area contributed by atoms with Crippen LogP contribution in [-0.2, 0) is 6.42 Å². The lowest BCUT2D eigenvalue weighted by molar-refractivity contribution is 0.0882. The molecular weight excluding hydrogens is 308 g/mol. The van der Waals surface area contributed by atoms with Crippen molar-refractivity contribution in [3.63, 3.8) is 0 Å². The highest BCUT2D eigenvalue weighted by Gasteiger charge is 2.44. The number of hydrogen-bond donors (Lipinski definition) is 0. The van der Waals surface area contributed by atoms with E-state index in [-0.39, 0.29) is 17.5 Å². The molecule has 0 spiro atoms. The van der Waals surface area contributed by atoms with Crippen molar-refractivity contribution in [2.45, 2.75) is 10.1 Å². The Morgan fingerprint density at radius 1 is 1.29 bits per heavy atom. The van der Waals surface area contributed by atoms with Crippen LogP contribution in [0.25, 0.3) is 0 Å². The van der Waals surface area contributed by atoms with E-state index in [1.54, 1.807) is 0 Å². The van der Waals surface area contributed by atoms with E-state index in [0.717, 1.165) is 12.1 Å². The maximum atomic E-state index is 13.5. The first-order valence-corrected chi connectivity index (χ1v) is 4.90. The molecule has 0 aliphatic heterocycles. The van der Waals surface area contributed by atoms with Crippen molar-refractivity contribution in [2.75, 3.05) is 0 Å². The molecule has 0 amide bonds. The molecule has 5 heteroatoms. The van der Waals surface area contributed by atoms with Gasteiger partial charge in [-0.25, -0.2) is 13.2 Å². The van der Waals surface area contributed by atoms with Gasteiger partial charge in [0.1, 0.15) is 0 Å². The molecule has 14 heavy (non-hydrogen) atoms. The molecule has 0 aromatic heterocycles. The third-order valence-electron chi connectivity index (χ3n) is 2.14. The number of rotatable bonds is 0. The first-order valence-electron chi connectivity index (χ1n) is 3.82. The van der Waals surface area contributed by atoms with Crippen molar-refractivity contribution in [1.82, 2.24) is 0 Å². The van der Waals surface area contributed by atoms with Gasteiger partial charge >= 0.3 is 0 Å². The van der Waals surface area contributed by atoms with Gasteiger partial charge in [0.15, 0.2) is 11.6 Å². The highest BCUT2D eigenvalue weighted by atomic mass is 127. The van der Waals surface area contributed by atoms with Crippen LogP contribution >= 0.6 is 22.6 Å². The fourth-order valence-corrected chi connectivity index (χ4v) is 2.16. The van der Waals surface area contributed by atoms with Crippen LogP contribution in [0, 0.1) is 11.6 Å².